The van der Waals surface area contributed by atoms with E-state index in [1.807, 2.05) is 0 Å². The van der Waals surface area contributed by atoms with E-state index < -0.39 is 29.7 Å². The van der Waals surface area contributed by atoms with Gasteiger partial charge in [-0.1, -0.05) is 12.1 Å². The molecule has 30 heavy (non-hydrogen) atoms. The van der Waals surface area contributed by atoms with Crippen molar-refractivity contribution in [3.8, 4) is 11.5 Å². The second kappa shape index (κ2) is 8.24. The Labute approximate surface area is 172 Å². The van der Waals surface area contributed by atoms with Crippen LogP contribution < -0.4 is 10.1 Å². The van der Waals surface area contributed by atoms with Gasteiger partial charge in [0.25, 0.3) is 11.8 Å². The van der Waals surface area contributed by atoms with Crippen LogP contribution in [0.25, 0.3) is 0 Å². The number of ether oxygens (including phenoxy) is 2. The Bertz CT molecular complexity index is 1050. The zero-order chi connectivity index (χ0) is 22.0. The smallest absolute Gasteiger partial charge is 0.307 e. The van der Waals surface area contributed by atoms with Gasteiger partial charge in [0, 0.05) is 6.92 Å². The van der Waals surface area contributed by atoms with Gasteiger partial charge in [-0.15, -0.1) is 0 Å². The van der Waals surface area contributed by atoms with Gasteiger partial charge in [0.05, 0.1) is 43.5 Å². The fourth-order valence-corrected chi connectivity index (χ4v) is 3.38. The Kier molecular flexibility index (Phi) is 5.72. The van der Waals surface area contributed by atoms with Crippen LogP contribution in [0.1, 0.15) is 45.7 Å². The molecule has 1 heterocycles. The first-order valence-electron chi connectivity index (χ1n) is 9.00. The molecule has 1 aliphatic heterocycles. The van der Waals surface area contributed by atoms with Gasteiger partial charge >= 0.3 is 5.97 Å². The SMILES string of the molecule is COC(=O)CC(c1ccc(O)c(OC)c1)N1C(=O)c2cccc(NC(C)=O)c2C1=O. The molecule has 0 saturated heterocycles. The van der Waals surface area contributed by atoms with Crippen LogP contribution in [0.5, 0.6) is 11.5 Å². The van der Waals surface area contributed by atoms with Crippen molar-refractivity contribution in [2.24, 2.45) is 0 Å². The minimum Gasteiger partial charge on any atom is -0.504 e. The van der Waals surface area contributed by atoms with Crippen molar-refractivity contribution < 1.29 is 33.8 Å². The van der Waals surface area contributed by atoms with Crippen LogP contribution in [-0.4, -0.2) is 47.9 Å². The van der Waals surface area contributed by atoms with Crippen molar-refractivity contribution in [1.82, 2.24) is 4.90 Å². The average molecular weight is 412 g/mol. The third kappa shape index (κ3) is 3.69. The molecule has 0 saturated carbocycles. The lowest BCUT2D eigenvalue weighted by atomic mass is 10.0. The molecule has 3 amide bonds. The summed E-state index contributed by atoms with van der Waals surface area (Å²) in [6.45, 7) is 1.29. The third-order valence-electron chi connectivity index (χ3n) is 4.74. The number of anilines is 1. The molecule has 1 unspecified atom stereocenters. The van der Waals surface area contributed by atoms with Crippen molar-refractivity contribution in [3.63, 3.8) is 0 Å². The lowest BCUT2D eigenvalue weighted by Crippen LogP contribution is -2.35. The van der Waals surface area contributed by atoms with E-state index in [1.54, 1.807) is 6.07 Å². The summed E-state index contributed by atoms with van der Waals surface area (Å²) in [5, 5.41) is 12.4. The quantitative estimate of drug-likeness (QED) is 0.551. The second-order valence-electron chi connectivity index (χ2n) is 6.62. The van der Waals surface area contributed by atoms with Crippen LogP contribution in [0.15, 0.2) is 36.4 Å². The molecule has 9 heteroatoms. The molecule has 2 aromatic rings. The van der Waals surface area contributed by atoms with Gasteiger partial charge in [0.1, 0.15) is 0 Å². The van der Waals surface area contributed by atoms with Crippen LogP contribution in [0.2, 0.25) is 0 Å². The fourth-order valence-electron chi connectivity index (χ4n) is 3.38. The minimum absolute atomic E-state index is 0.0540. The predicted octanol–water partition coefficient (Wildman–Crippen LogP) is 2.26. The van der Waals surface area contributed by atoms with E-state index in [0.29, 0.717) is 5.56 Å². The highest BCUT2D eigenvalue weighted by Gasteiger charge is 2.43. The maximum atomic E-state index is 13.2. The van der Waals surface area contributed by atoms with E-state index in [1.165, 1.54) is 51.5 Å². The zero-order valence-corrected chi connectivity index (χ0v) is 16.6. The summed E-state index contributed by atoms with van der Waals surface area (Å²) in [6, 6.07) is 7.83. The molecule has 9 nitrogen and oxygen atoms in total. The normalized spacial score (nSPS) is 13.6. The van der Waals surface area contributed by atoms with Crippen LogP contribution in [-0.2, 0) is 14.3 Å². The van der Waals surface area contributed by atoms with Crippen molar-refractivity contribution in [2.45, 2.75) is 19.4 Å². The number of phenolic OH excluding ortho intramolecular Hbond substituents is 1. The van der Waals surface area contributed by atoms with Crippen LogP contribution in [0.4, 0.5) is 5.69 Å². The molecule has 2 N–H and O–H groups in total. The standard InChI is InChI=1S/C21H20N2O7/c1-11(24)22-14-6-4-5-13-19(14)21(28)23(20(13)27)15(10-18(26)30-3)12-7-8-16(25)17(9-12)29-2/h4-9,15,25H,10H2,1-3H3,(H,22,24). The number of hydrogen-bond donors (Lipinski definition) is 2. The van der Waals surface area contributed by atoms with Crippen molar-refractivity contribution in [1.29, 1.82) is 0 Å². The number of nitrogens with zero attached hydrogens (tertiary/aromatic N) is 1. The summed E-state index contributed by atoms with van der Waals surface area (Å²) in [6.07, 6.45) is -0.300. The first-order chi connectivity index (χ1) is 14.3. The summed E-state index contributed by atoms with van der Waals surface area (Å²) in [7, 11) is 2.56. The Balaban J connectivity index is 2.10. The van der Waals surface area contributed by atoms with E-state index in [9.17, 15) is 24.3 Å². The van der Waals surface area contributed by atoms with E-state index in [2.05, 4.69) is 5.32 Å². The molecule has 1 atom stereocenters. The number of amides is 3. The largest absolute Gasteiger partial charge is 0.504 e. The Hall–Kier alpha value is -3.88. The Morgan fingerprint density at radius 3 is 2.50 bits per heavy atom. The van der Waals surface area contributed by atoms with Crippen LogP contribution in [0.3, 0.4) is 0 Å². The molecule has 0 aromatic heterocycles. The first-order valence-corrected chi connectivity index (χ1v) is 9.00. The van der Waals surface area contributed by atoms with Gasteiger partial charge in [-0.2, -0.15) is 0 Å². The maximum Gasteiger partial charge on any atom is 0.307 e. The molecular formula is C21H20N2O7. The van der Waals surface area contributed by atoms with Gasteiger partial charge in [0.15, 0.2) is 11.5 Å². The molecule has 1 aliphatic rings. The molecule has 0 aliphatic carbocycles. The number of rotatable bonds is 6. The highest BCUT2D eigenvalue weighted by molar-refractivity contribution is 6.24. The lowest BCUT2D eigenvalue weighted by Gasteiger charge is -2.26. The Morgan fingerprint density at radius 2 is 1.87 bits per heavy atom. The van der Waals surface area contributed by atoms with Crippen molar-refractivity contribution in [2.75, 3.05) is 19.5 Å². The number of phenols is 1. The molecule has 3 rings (SSSR count). The van der Waals surface area contributed by atoms with E-state index >= 15 is 0 Å². The van der Waals surface area contributed by atoms with E-state index in [4.69, 9.17) is 9.47 Å². The molecule has 0 radical (unpaired) electrons. The van der Waals surface area contributed by atoms with Crippen molar-refractivity contribution in [3.05, 3.63) is 53.1 Å². The summed E-state index contributed by atoms with van der Waals surface area (Å²) in [4.78, 5) is 50.9. The topological polar surface area (TPSA) is 122 Å². The van der Waals surface area contributed by atoms with Crippen molar-refractivity contribution >= 4 is 29.4 Å². The number of imide groups is 1. The number of nitrogens with one attached hydrogen (secondary N) is 1. The predicted molar refractivity (Wildman–Crippen MR) is 105 cm³/mol. The second-order valence-corrected chi connectivity index (χ2v) is 6.62. The number of methoxy groups -OCH3 is 2. The minimum atomic E-state index is -1.01. The summed E-state index contributed by atoms with van der Waals surface area (Å²) in [5.41, 5.74) is 0.775. The molecule has 0 spiro atoms. The average Bonchev–Trinajstić information content (AvgIpc) is 2.97. The number of carbonyl (C=O) groups excluding carboxylic acids is 4. The summed E-state index contributed by atoms with van der Waals surface area (Å²) in [5.74, 6) is -2.29. The maximum absolute atomic E-state index is 13.2. The molecule has 2 aromatic carbocycles. The number of esters is 1. The summed E-state index contributed by atoms with van der Waals surface area (Å²) < 4.78 is 9.85. The highest BCUT2D eigenvalue weighted by Crippen LogP contribution is 2.39. The first kappa shape index (κ1) is 20.8. The Morgan fingerprint density at radius 1 is 1.13 bits per heavy atom. The van der Waals surface area contributed by atoms with Gasteiger partial charge in [-0.05, 0) is 29.8 Å². The number of carbonyl (C=O) groups is 4. The molecule has 156 valence electrons. The number of hydrogen-bond acceptors (Lipinski definition) is 7. The number of fused-ring (bicyclic) bond motifs is 1. The van der Waals surface area contributed by atoms with Gasteiger partial charge in [-0.25, -0.2) is 0 Å². The molecule has 0 fully saturated rings. The van der Waals surface area contributed by atoms with E-state index in [-0.39, 0.29) is 34.7 Å². The number of benzene rings is 2. The highest BCUT2D eigenvalue weighted by atomic mass is 16.5. The summed E-state index contributed by atoms with van der Waals surface area (Å²) >= 11 is 0. The third-order valence-corrected chi connectivity index (χ3v) is 4.74. The van der Waals surface area contributed by atoms with Crippen LogP contribution >= 0.6 is 0 Å². The molecular weight excluding hydrogens is 392 g/mol. The van der Waals surface area contributed by atoms with Gasteiger partial charge in [-0.3, -0.25) is 24.1 Å². The monoisotopic (exact) mass is 412 g/mol. The van der Waals surface area contributed by atoms with Gasteiger partial charge in [0.2, 0.25) is 5.91 Å². The van der Waals surface area contributed by atoms with E-state index in [0.717, 1.165) is 4.90 Å². The van der Waals surface area contributed by atoms with Crippen LogP contribution in [0, 0.1) is 0 Å². The number of aromatic hydroxyl groups is 1. The lowest BCUT2D eigenvalue weighted by molar-refractivity contribution is -0.141. The zero-order valence-electron chi connectivity index (χ0n) is 16.6. The van der Waals surface area contributed by atoms with Gasteiger partial charge < -0.3 is 19.9 Å². The molecule has 0 bridgehead atoms. The fraction of sp³-hybridized carbons (Fsp3) is 0.238.